The zero-order valence-electron chi connectivity index (χ0n) is 12.6. The van der Waals surface area contributed by atoms with Crippen LogP contribution in [0.1, 0.15) is 40.1 Å². The summed E-state index contributed by atoms with van der Waals surface area (Å²) in [5, 5.41) is 17.3. The van der Waals surface area contributed by atoms with Gasteiger partial charge in [-0.2, -0.15) is 0 Å². The SMILES string of the molecule is Cc1nc(CCNC(=O)c2cn(C3CCNCC3)nn2)cs1. The normalized spacial score (nSPS) is 15.9. The Kier molecular flexibility index (Phi) is 4.79. The minimum absolute atomic E-state index is 0.174. The van der Waals surface area contributed by atoms with E-state index in [4.69, 9.17) is 0 Å². The first-order valence-electron chi connectivity index (χ1n) is 7.54. The Labute approximate surface area is 133 Å². The van der Waals surface area contributed by atoms with E-state index in [0.29, 0.717) is 18.3 Å². The molecule has 1 aliphatic heterocycles. The standard InChI is InChI=1S/C14H20N6OS/c1-10-17-11(9-22-10)2-7-16-14(21)13-8-20(19-18-13)12-3-5-15-6-4-12/h8-9,12,15H,2-7H2,1H3,(H,16,21). The summed E-state index contributed by atoms with van der Waals surface area (Å²) in [6.45, 7) is 4.51. The Hall–Kier alpha value is -1.80. The van der Waals surface area contributed by atoms with Gasteiger partial charge in [-0.1, -0.05) is 5.21 Å². The number of carbonyl (C=O) groups is 1. The van der Waals surface area contributed by atoms with Gasteiger partial charge in [-0.25, -0.2) is 9.67 Å². The number of aromatic nitrogens is 4. The van der Waals surface area contributed by atoms with Gasteiger partial charge in [-0.05, 0) is 32.9 Å². The molecule has 0 saturated carbocycles. The molecule has 0 spiro atoms. The smallest absolute Gasteiger partial charge is 0.273 e. The van der Waals surface area contributed by atoms with E-state index in [1.165, 1.54) is 0 Å². The fourth-order valence-corrected chi connectivity index (χ4v) is 3.20. The largest absolute Gasteiger partial charge is 0.350 e. The molecule has 0 aliphatic carbocycles. The summed E-state index contributed by atoms with van der Waals surface area (Å²) >= 11 is 1.62. The van der Waals surface area contributed by atoms with Crippen LogP contribution in [0, 0.1) is 6.92 Å². The molecule has 22 heavy (non-hydrogen) atoms. The second-order valence-corrected chi connectivity index (χ2v) is 6.49. The number of hydrogen-bond donors (Lipinski definition) is 2. The molecule has 1 aliphatic rings. The van der Waals surface area contributed by atoms with Gasteiger partial charge in [0.15, 0.2) is 5.69 Å². The number of hydrogen-bond acceptors (Lipinski definition) is 6. The maximum Gasteiger partial charge on any atom is 0.273 e. The van der Waals surface area contributed by atoms with E-state index in [2.05, 4.69) is 25.9 Å². The second-order valence-electron chi connectivity index (χ2n) is 5.43. The van der Waals surface area contributed by atoms with E-state index in [1.54, 1.807) is 17.5 Å². The van der Waals surface area contributed by atoms with Crippen molar-refractivity contribution in [1.29, 1.82) is 0 Å². The number of aryl methyl sites for hydroxylation is 1. The molecule has 7 nitrogen and oxygen atoms in total. The lowest BCUT2D eigenvalue weighted by atomic mass is 10.1. The predicted octanol–water partition coefficient (Wildman–Crippen LogP) is 0.940. The van der Waals surface area contributed by atoms with Gasteiger partial charge in [0.05, 0.1) is 22.9 Å². The molecule has 2 aromatic heterocycles. The maximum atomic E-state index is 12.1. The monoisotopic (exact) mass is 320 g/mol. The number of amides is 1. The van der Waals surface area contributed by atoms with Gasteiger partial charge in [0.1, 0.15) is 0 Å². The highest BCUT2D eigenvalue weighted by Crippen LogP contribution is 2.17. The van der Waals surface area contributed by atoms with Crippen molar-refractivity contribution in [3.8, 4) is 0 Å². The molecule has 2 N–H and O–H groups in total. The molecular formula is C14H20N6OS. The third kappa shape index (κ3) is 3.69. The van der Waals surface area contributed by atoms with Crippen molar-refractivity contribution in [2.45, 2.75) is 32.2 Å². The number of piperidine rings is 1. The summed E-state index contributed by atoms with van der Waals surface area (Å²) in [5.41, 5.74) is 1.40. The molecule has 0 radical (unpaired) electrons. The lowest BCUT2D eigenvalue weighted by Crippen LogP contribution is -2.29. The molecule has 1 fully saturated rings. The fraction of sp³-hybridized carbons (Fsp3) is 0.571. The molecule has 118 valence electrons. The molecule has 3 heterocycles. The summed E-state index contributed by atoms with van der Waals surface area (Å²) in [7, 11) is 0. The molecule has 3 rings (SSSR count). The van der Waals surface area contributed by atoms with Crippen LogP contribution in [0.2, 0.25) is 0 Å². The zero-order chi connectivity index (χ0) is 15.4. The Balaban J connectivity index is 1.50. The van der Waals surface area contributed by atoms with Crippen molar-refractivity contribution >= 4 is 17.2 Å². The molecule has 0 atom stereocenters. The number of nitrogens with one attached hydrogen (secondary N) is 2. The van der Waals surface area contributed by atoms with Crippen molar-refractivity contribution in [2.24, 2.45) is 0 Å². The number of rotatable bonds is 5. The van der Waals surface area contributed by atoms with Crippen LogP contribution in [-0.2, 0) is 6.42 Å². The number of nitrogens with zero attached hydrogens (tertiary/aromatic N) is 4. The van der Waals surface area contributed by atoms with Crippen LogP contribution in [0.3, 0.4) is 0 Å². The molecular weight excluding hydrogens is 300 g/mol. The van der Waals surface area contributed by atoms with E-state index < -0.39 is 0 Å². The van der Waals surface area contributed by atoms with Crippen LogP contribution >= 0.6 is 11.3 Å². The van der Waals surface area contributed by atoms with Crippen molar-refractivity contribution in [3.63, 3.8) is 0 Å². The van der Waals surface area contributed by atoms with E-state index in [1.807, 2.05) is 17.0 Å². The quantitative estimate of drug-likeness (QED) is 0.856. The average Bonchev–Trinajstić information content (AvgIpc) is 3.17. The first-order chi connectivity index (χ1) is 10.7. The van der Waals surface area contributed by atoms with Crippen molar-refractivity contribution in [1.82, 2.24) is 30.6 Å². The Morgan fingerprint density at radius 1 is 1.50 bits per heavy atom. The van der Waals surface area contributed by atoms with E-state index in [-0.39, 0.29) is 5.91 Å². The third-order valence-corrected chi connectivity index (χ3v) is 4.58. The van der Waals surface area contributed by atoms with Crippen LogP contribution in [-0.4, -0.2) is 45.5 Å². The van der Waals surface area contributed by atoms with Crippen LogP contribution < -0.4 is 10.6 Å². The highest BCUT2D eigenvalue weighted by molar-refractivity contribution is 7.09. The summed E-state index contributed by atoms with van der Waals surface area (Å²) in [5.74, 6) is -0.174. The topological polar surface area (TPSA) is 84.7 Å². The fourth-order valence-electron chi connectivity index (χ4n) is 2.55. The van der Waals surface area contributed by atoms with Crippen LogP contribution in [0.5, 0.6) is 0 Å². The Bertz CT molecular complexity index is 631. The van der Waals surface area contributed by atoms with Crippen LogP contribution in [0.15, 0.2) is 11.6 Å². The first-order valence-corrected chi connectivity index (χ1v) is 8.42. The lowest BCUT2D eigenvalue weighted by Gasteiger charge is -2.22. The summed E-state index contributed by atoms with van der Waals surface area (Å²) in [6, 6.07) is 0.341. The van der Waals surface area contributed by atoms with Crippen LogP contribution in [0.4, 0.5) is 0 Å². The van der Waals surface area contributed by atoms with Gasteiger partial charge >= 0.3 is 0 Å². The van der Waals surface area contributed by atoms with Crippen molar-refractivity contribution in [2.75, 3.05) is 19.6 Å². The van der Waals surface area contributed by atoms with Crippen molar-refractivity contribution < 1.29 is 4.79 Å². The average molecular weight is 320 g/mol. The van der Waals surface area contributed by atoms with Gasteiger partial charge in [0.2, 0.25) is 0 Å². The van der Waals surface area contributed by atoms with Crippen LogP contribution in [0.25, 0.3) is 0 Å². The van der Waals surface area contributed by atoms with Crippen molar-refractivity contribution in [3.05, 3.63) is 28.0 Å². The summed E-state index contributed by atoms with van der Waals surface area (Å²) in [4.78, 5) is 16.5. The first kappa shape index (κ1) is 15.1. The number of carbonyl (C=O) groups excluding carboxylic acids is 1. The molecule has 0 unspecified atom stereocenters. The summed E-state index contributed by atoms with van der Waals surface area (Å²) in [6.07, 6.45) is 4.53. The zero-order valence-corrected chi connectivity index (χ0v) is 13.4. The molecule has 0 bridgehead atoms. The van der Waals surface area contributed by atoms with Gasteiger partial charge in [-0.3, -0.25) is 4.79 Å². The van der Waals surface area contributed by atoms with E-state index >= 15 is 0 Å². The minimum atomic E-state index is -0.174. The molecule has 1 saturated heterocycles. The van der Waals surface area contributed by atoms with E-state index in [9.17, 15) is 4.79 Å². The molecule has 8 heteroatoms. The lowest BCUT2D eigenvalue weighted by molar-refractivity contribution is 0.0949. The van der Waals surface area contributed by atoms with Gasteiger partial charge in [-0.15, -0.1) is 16.4 Å². The minimum Gasteiger partial charge on any atom is -0.350 e. The Morgan fingerprint density at radius 3 is 3.05 bits per heavy atom. The second kappa shape index (κ2) is 6.97. The predicted molar refractivity (Wildman–Crippen MR) is 84.1 cm³/mol. The highest BCUT2D eigenvalue weighted by Gasteiger charge is 2.18. The number of thiazole rings is 1. The third-order valence-electron chi connectivity index (χ3n) is 3.76. The molecule has 2 aromatic rings. The van der Waals surface area contributed by atoms with Gasteiger partial charge in [0.25, 0.3) is 5.91 Å². The van der Waals surface area contributed by atoms with Gasteiger partial charge < -0.3 is 10.6 Å². The maximum absolute atomic E-state index is 12.1. The van der Waals surface area contributed by atoms with Gasteiger partial charge in [0, 0.05) is 18.3 Å². The highest BCUT2D eigenvalue weighted by atomic mass is 32.1. The summed E-state index contributed by atoms with van der Waals surface area (Å²) < 4.78 is 1.82. The molecule has 1 amide bonds. The molecule has 0 aromatic carbocycles. The Morgan fingerprint density at radius 2 is 2.32 bits per heavy atom. The van der Waals surface area contributed by atoms with E-state index in [0.717, 1.165) is 43.1 Å².